The smallest absolute Gasteiger partial charge is 0.308 e. The van der Waals surface area contributed by atoms with Crippen LogP contribution in [0.15, 0.2) is 60.7 Å². The van der Waals surface area contributed by atoms with Crippen molar-refractivity contribution in [1.29, 1.82) is 0 Å². The SMILES string of the molecule is COc1ccc2c(c1)[C@H](c1cccc3ccccc13)O[C@@H](CC(=O)N1CCCC(C(=O)O)C1)C(=O)N2CC(C)(C)C. The van der Waals surface area contributed by atoms with Crippen LogP contribution in [0, 0.1) is 11.3 Å². The number of methoxy groups -OCH3 is 1. The summed E-state index contributed by atoms with van der Waals surface area (Å²) in [5, 5.41) is 11.6. The second-order valence-corrected chi connectivity index (χ2v) is 12.2. The Hall–Kier alpha value is -3.91. The highest BCUT2D eigenvalue weighted by Gasteiger charge is 2.40. The number of benzene rings is 3. The summed E-state index contributed by atoms with van der Waals surface area (Å²) in [5.74, 6) is -1.42. The van der Waals surface area contributed by atoms with E-state index in [2.05, 4.69) is 20.8 Å². The number of amides is 2. The zero-order chi connectivity index (χ0) is 29.3. The molecule has 1 fully saturated rings. The molecule has 8 heteroatoms. The lowest BCUT2D eigenvalue weighted by Crippen LogP contribution is -2.47. The van der Waals surface area contributed by atoms with Gasteiger partial charge in [-0.3, -0.25) is 14.4 Å². The minimum atomic E-state index is -1.06. The van der Waals surface area contributed by atoms with Gasteiger partial charge in [0.05, 0.1) is 25.1 Å². The van der Waals surface area contributed by atoms with Crippen molar-refractivity contribution in [2.75, 3.05) is 31.6 Å². The topological polar surface area (TPSA) is 96.4 Å². The van der Waals surface area contributed by atoms with Crippen LogP contribution in [0.25, 0.3) is 10.8 Å². The number of likely N-dealkylation sites (tertiary alicyclic amines) is 1. The monoisotopic (exact) mass is 558 g/mol. The first-order valence-electron chi connectivity index (χ1n) is 14.2. The number of fused-ring (bicyclic) bond motifs is 2. The number of carbonyl (C=O) groups is 3. The molecule has 3 atom stereocenters. The number of anilines is 1. The normalized spacial score (nSPS) is 21.4. The first-order valence-corrected chi connectivity index (χ1v) is 14.2. The molecule has 0 saturated carbocycles. The van der Waals surface area contributed by atoms with Gasteiger partial charge in [0.15, 0.2) is 0 Å². The van der Waals surface area contributed by atoms with Crippen LogP contribution >= 0.6 is 0 Å². The first-order chi connectivity index (χ1) is 19.6. The number of nitrogens with zero attached hydrogens (tertiary/aromatic N) is 2. The molecule has 2 aliphatic heterocycles. The minimum absolute atomic E-state index is 0.144. The van der Waals surface area contributed by atoms with Crippen LogP contribution in [0.4, 0.5) is 5.69 Å². The molecule has 2 heterocycles. The van der Waals surface area contributed by atoms with Gasteiger partial charge in [-0.1, -0.05) is 63.2 Å². The molecule has 0 aromatic heterocycles. The second-order valence-electron chi connectivity index (χ2n) is 12.2. The molecule has 2 aliphatic rings. The molecule has 0 radical (unpaired) electrons. The van der Waals surface area contributed by atoms with Gasteiger partial charge in [0.25, 0.3) is 5.91 Å². The third-order valence-electron chi connectivity index (χ3n) is 7.87. The summed E-state index contributed by atoms with van der Waals surface area (Å²) < 4.78 is 12.3. The highest BCUT2D eigenvalue weighted by Crippen LogP contribution is 2.43. The number of hydrogen-bond donors (Lipinski definition) is 1. The molecule has 1 N–H and O–H groups in total. The fourth-order valence-electron chi connectivity index (χ4n) is 5.89. The number of ether oxygens (including phenoxy) is 2. The quantitative estimate of drug-likeness (QED) is 0.434. The molecule has 0 bridgehead atoms. The van der Waals surface area contributed by atoms with Gasteiger partial charge in [-0.25, -0.2) is 0 Å². The van der Waals surface area contributed by atoms with Crippen LogP contribution in [0.1, 0.15) is 57.3 Å². The molecule has 0 spiro atoms. The number of hydrogen-bond acceptors (Lipinski definition) is 5. The summed E-state index contributed by atoms with van der Waals surface area (Å²) in [4.78, 5) is 42.8. The van der Waals surface area contributed by atoms with E-state index in [1.165, 1.54) is 0 Å². The van der Waals surface area contributed by atoms with Crippen LogP contribution in [-0.2, 0) is 19.1 Å². The zero-order valence-electron chi connectivity index (χ0n) is 24.1. The average molecular weight is 559 g/mol. The van der Waals surface area contributed by atoms with Gasteiger partial charge in [-0.2, -0.15) is 0 Å². The number of carbonyl (C=O) groups excluding carboxylic acids is 2. The Morgan fingerprint density at radius 1 is 1.05 bits per heavy atom. The molecule has 1 unspecified atom stereocenters. The fourth-order valence-corrected chi connectivity index (χ4v) is 5.89. The summed E-state index contributed by atoms with van der Waals surface area (Å²) in [7, 11) is 1.61. The van der Waals surface area contributed by atoms with E-state index in [9.17, 15) is 19.5 Å². The maximum absolute atomic E-state index is 14.3. The predicted octanol–water partition coefficient (Wildman–Crippen LogP) is 5.43. The Kier molecular flexibility index (Phi) is 8.04. The lowest BCUT2D eigenvalue weighted by Gasteiger charge is -2.33. The van der Waals surface area contributed by atoms with Crippen LogP contribution in [0.5, 0.6) is 5.75 Å². The van der Waals surface area contributed by atoms with E-state index >= 15 is 0 Å². The van der Waals surface area contributed by atoms with Crippen molar-refractivity contribution >= 4 is 34.2 Å². The number of carboxylic acid groups (broad SMARTS) is 1. The number of piperidine rings is 1. The lowest BCUT2D eigenvalue weighted by molar-refractivity contribution is -0.148. The zero-order valence-corrected chi connectivity index (χ0v) is 24.1. The Morgan fingerprint density at radius 2 is 1.80 bits per heavy atom. The van der Waals surface area contributed by atoms with Crippen molar-refractivity contribution in [1.82, 2.24) is 4.90 Å². The Balaban J connectivity index is 1.60. The van der Waals surface area contributed by atoms with Gasteiger partial charge in [0.2, 0.25) is 5.91 Å². The third-order valence-corrected chi connectivity index (χ3v) is 7.87. The molecule has 2 amide bonds. The Bertz CT molecular complexity index is 1460. The van der Waals surface area contributed by atoms with Gasteiger partial charge in [-0.05, 0) is 52.8 Å². The molecule has 1 saturated heterocycles. The van der Waals surface area contributed by atoms with E-state index in [1.54, 1.807) is 16.9 Å². The number of rotatable bonds is 6. The Labute approximate surface area is 240 Å². The Morgan fingerprint density at radius 3 is 2.54 bits per heavy atom. The minimum Gasteiger partial charge on any atom is -0.497 e. The first kappa shape index (κ1) is 28.6. The van der Waals surface area contributed by atoms with E-state index in [1.807, 2.05) is 60.7 Å². The molecule has 8 nitrogen and oxygen atoms in total. The van der Waals surface area contributed by atoms with Gasteiger partial charge < -0.3 is 24.4 Å². The largest absolute Gasteiger partial charge is 0.497 e. The van der Waals surface area contributed by atoms with E-state index in [-0.39, 0.29) is 30.2 Å². The molecular formula is C33H38N2O6. The molecule has 3 aromatic carbocycles. The van der Waals surface area contributed by atoms with Crippen molar-refractivity contribution in [2.45, 2.75) is 52.2 Å². The molecule has 3 aromatic rings. The van der Waals surface area contributed by atoms with Crippen molar-refractivity contribution < 1.29 is 29.0 Å². The molecule has 0 aliphatic carbocycles. The number of aliphatic carboxylic acids is 1. The maximum atomic E-state index is 14.3. The third kappa shape index (κ3) is 6.07. The molecule has 5 rings (SSSR count). The van der Waals surface area contributed by atoms with E-state index in [0.29, 0.717) is 31.7 Å². The summed E-state index contributed by atoms with van der Waals surface area (Å²) in [6.07, 6.45) is -0.721. The van der Waals surface area contributed by atoms with Gasteiger partial charge >= 0.3 is 5.97 Å². The van der Waals surface area contributed by atoms with Gasteiger partial charge in [0.1, 0.15) is 18.0 Å². The van der Waals surface area contributed by atoms with E-state index < -0.39 is 24.1 Å². The maximum Gasteiger partial charge on any atom is 0.308 e. The summed E-state index contributed by atoms with van der Waals surface area (Å²) >= 11 is 0. The van der Waals surface area contributed by atoms with Crippen molar-refractivity contribution in [3.05, 3.63) is 71.8 Å². The summed E-state index contributed by atoms with van der Waals surface area (Å²) in [6, 6.07) is 19.7. The van der Waals surface area contributed by atoms with Crippen LogP contribution in [-0.4, -0.2) is 60.6 Å². The van der Waals surface area contributed by atoms with Gasteiger partial charge in [-0.15, -0.1) is 0 Å². The highest BCUT2D eigenvalue weighted by atomic mass is 16.5. The van der Waals surface area contributed by atoms with Crippen molar-refractivity contribution in [2.24, 2.45) is 11.3 Å². The molecule has 41 heavy (non-hydrogen) atoms. The second kappa shape index (κ2) is 11.5. The van der Waals surface area contributed by atoms with Crippen molar-refractivity contribution in [3.8, 4) is 5.75 Å². The van der Waals surface area contributed by atoms with Crippen LogP contribution < -0.4 is 9.64 Å². The highest BCUT2D eigenvalue weighted by molar-refractivity contribution is 6.01. The van der Waals surface area contributed by atoms with Crippen LogP contribution in [0.3, 0.4) is 0 Å². The molecule has 216 valence electrons. The van der Waals surface area contributed by atoms with E-state index in [4.69, 9.17) is 9.47 Å². The average Bonchev–Trinajstić information content (AvgIpc) is 3.06. The standard InChI is InChI=1S/C33H38N2O6/c1-33(2,3)20-35-27-15-14-23(40-4)17-26(27)30(25-13-7-10-21-9-5-6-12-24(21)25)41-28(31(35)37)18-29(36)34-16-8-11-22(19-34)32(38)39/h5-7,9-10,12-15,17,22,28,30H,8,11,16,18-20H2,1-4H3,(H,38,39)/t22?,28-,30-/m0/s1. The predicted molar refractivity (Wildman–Crippen MR) is 157 cm³/mol. The summed E-state index contributed by atoms with van der Waals surface area (Å²) in [6.45, 7) is 7.24. The number of carboxylic acids is 1. The molecular weight excluding hydrogens is 520 g/mol. The lowest BCUT2D eigenvalue weighted by atomic mass is 9.92. The summed E-state index contributed by atoms with van der Waals surface area (Å²) in [5.41, 5.74) is 2.17. The van der Waals surface area contributed by atoms with Crippen LogP contribution in [0.2, 0.25) is 0 Å². The van der Waals surface area contributed by atoms with E-state index in [0.717, 1.165) is 27.6 Å². The van der Waals surface area contributed by atoms with Gasteiger partial charge in [0, 0.05) is 25.2 Å². The van der Waals surface area contributed by atoms with Crippen molar-refractivity contribution in [3.63, 3.8) is 0 Å². The fraction of sp³-hybridized carbons (Fsp3) is 0.424.